The Hall–Kier alpha value is -1.20. The number of esters is 1. The van der Waals surface area contributed by atoms with Crippen molar-refractivity contribution >= 4 is 11.8 Å². The number of hydrogen-bond acceptors (Lipinski definition) is 5. The summed E-state index contributed by atoms with van der Waals surface area (Å²) in [5.41, 5.74) is -0.612. The topological polar surface area (TPSA) is 83.8 Å². The van der Waals surface area contributed by atoms with E-state index in [0.29, 0.717) is 18.4 Å². The molecule has 5 heteroatoms. The van der Waals surface area contributed by atoms with Crippen molar-refractivity contribution in [1.29, 1.82) is 0 Å². The Morgan fingerprint density at radius 2 is 2.00 bits per heavy atom. The molecule has 2 N–H and O–H groups in total. The van der Waals surface area contributed by atoms with E-state index in [1.165, 1.54) is 6.92 Å². The number of allylic oxidation sites excluding steroid dienone is 1. The van der Waals surface area contributed by atoms with Crippen LogP contribution in [0.4, 0.5) is 0 Å². The largest absolute Gasteiger partial charge is 0.462 e. The Kier molecular flexibility index (Phi) is 4.18. The molecule has 0 aliphatic heterocycles. The zero-order valence-corrected chi connectivity index (χ0v) is 16.7. The van der Waals surface area contributed by atoms with Gasteiger partial charge in [0.05, 0.1) is 12.7 Å². The van der Waals surface area contributed by atoms with Crippen molar-refractivity contribution in [3.63, 3.8) is 0 Å². The molecule has 0 unspecified atom stereocenters. The van der Waals surface area contributed by atoms with E-state index in [1.54, 1.807) is 0 Å². The summed E-state index contributed by atoms with van der Waals surface area (Å²) in [6.45, 7) is 9.60. The molecule has 0 radical (unpaired) electrons. The second-order valence-electron chi connectivity index (χ2n) is 10.1. The predicted octanol–water partition coefficient (Wildman–Crippen LogP) is 2.64. The molecule has 4 aliphatic carbocycles. The first kappa shape index (κ1) is 19.1. The summed E-state index contributed by atoms with van der Waals surface area (Å²) in [6.07, 6.45) is 3.57. The normalized spacial score (nSPS) is 51.5. The number of ether oxygens (including phenoxy) is 1. The number of ketones is 1. The number of carbonyl (C=O) groups is 2. The zero-order chi connectivity index (χ0) is 19.8. The summed E-state index contributed by atoms with van der Waals surface area (Å²) in [5.74, 6) is -0.0575. The SMILES string of the molecule is C=C1C(=O)[C@@]23CC[C@@H]4[C@](C)(CO)[C@@H](OC(C)=O)CC[C@@]4(C)[C@@H]2[C@@H](O)C[C@@H]1C3. The Labute approximate surface area is 161 Å². The van der Waals surface area contributed by atoms with E-state index in [9.17, 15) is 19.8 Å². The Morgan fingerprint density at radius 1 is 1.30 bits per heavy atom. The molecule has 0 aromatic rings. The monoisotopic (exact) mass is 376 g/mol. The van der Waals surface area contributed by atoms with E-state index in [-0.39, 0.29) is 47.6 Å². The van der Waals surface area contributed by atoms with Crippen LogP contribution in [0.2, 0.25) is 0 Å². The molecule has 1 spiro atoms. The molecule has 0 saturated heterocycles. The molecule has 8 atom stereocenters. The van der Waals surface area contributed by atoms with Crippen molar-refractivity contribution in [2.45, 2.75) is 71.5 Å². The minimum Gasteiger partial charge on any atom is -0.462 e. The van der Waals surface area contributed by atoms with Crippen LogP contribution < -0.4 is 0 Å². The molecule has 4 rings (SSSR count). The lowest BCUT2D eigenvalue weighted by atomic mass is 9.40. The van der Waals surface area contributed by atoms with E-state index in [0.717, 1.165) is 25.7 Å². The van der Waals surface area contributed by atoms with Gasteiger partial charge < -0.3 is 14.9 Å². The lowest BCUT2D eigenvalue weighted by molar-refractivity contribution is -0.225. The second-order valence-corrected chi connectivity index (χ2v) is 10.1. The molecule has 27 heavy (non-hydrogen) atoms. The molecule has 4 aliphatic rings. The standard InChI is InChI=1S/C22H32O5/c1-12-14-9-15(25)18-20(3)7-6-17(27-13(2)24)21(4,11-23)16(20)5-8-22(18,10-14)19(12)26/h14-18,23,25H,1,5-11H2,2-4H3/t14-,15+,16+,17+,18+,20-,21+,22-/m1/s1. The first-order chi connectivity index (χ1) is 12.6. The summed E-state index contributed by atoms with van der Waals surface area (Å²) >= 11 is 0. The van der Waals surface area contributed by atoms with Crippen molar-refractivity contribution in [3.05, 3.63) is 12.2 Å². The van der Waals surface area contributed by atoms with Crippen molar-refractivity contribution in [2.75, 3.05) is 6.61 Å². The average molecular weight is 376 g/mol. The maximum atomic E-state index is 13.2. The number of carbonyl (C=O) groups excluding carboxylic acids is 2. The van der Waals surface area contributed by atoms with Gasteiger partial charge in [0.15, 0.2) is 5.78 Å². The van der Waals surface area contributed by atoms with Gasteiger partial charge >= 0.3 is 5.97 Å². The highest BCUT2D eigenvalue weighted by molar-refractivity contribution is 6.03. The van der Waals surface area contributed by atoms with Gasteiger partial charge in [0.25, 0.3) is 0 Å². The smallest absolute Gasteiger partial charge is 0.302 e. The average Bonchev–Trinajstić information content (AvgIpc) is 2.78. The summed E-state index contributed by atoms with van der Waals surface area (Å²) in [6, 6.07) is 0. The van der Waals surface area contributed by atoms with E-state index in [4.69, 9.17) is 4.74 Å². The van der Waals surface area contributed by atoms with Crippen LogP contribution in [0, 0.1) is 34.0 Å². The molecular formula is C22H32O5. The third kappa shape index (κ3) is 2.30. The molecule has 0 heterocycles. The number of fused-ring (bicyclic) bond motifs is 3. The highest BCUT2D eigenvalue weighted by Crippen LogP contribution is 2.71. The number of hydrogen-bond donors (Lipinski definition) is 2. The van der Waals surface area contributed by atoms with Crippen LogP contribution in [0.1, 0.15) is 59.3 Å². The molecule has 2 bridgehead atoms. The number of Topliss-reactive ketones (excluding diaryl/α,β-unsaturated/α-hetero) is 1. The molecule has 0 aromatic heterocycles. The van der Waals surface area contributed by atoms with Crippen molar-refractivity contribution in [2.24, 2.45) is 34.0 Å². The Bertz CT molecular complexity index is 701. The van der Waals surface area contributed by atoms with Gasteiger partial charge in [-0.3, -0.25) is 9.59 Å². The van der Waals surface area contributed by atoms with Crippen molar-refractivity contribution in [1.82, 2.24) is 0 Å². The first-order valence-electron chi connectivity index (χ1n) is 10.3. The fourth-order valence-corrected chi connectivity index (χ4v) is 7.86. The van der Waals surface area contributed by atoms with Crippen LogP contribution in [-0.4, -0.2) is 40.8 Å². The summed E-state index contributed by atoms with van der Waals surface area (Å²) in [7, 11) is 0. The quantitative estimate of drug-likeness (QED) is 0.572. The highest BCUT2D eigenvalue weighted by atomic mass is 16.5. The minimum atomic E-state index is -0.560. The predicted molar refractivity (Wildman–Crippen MR) is 99.6 cm³/mol. The van der Waals surface area contributed by atoms with Gasteiger partial charge in [-0.2, -0.15) is 0 Å². The molecule has 0 amide bonds. The summed E-state index contributed by atoms with van der Waals surface area (Å²) < 4.78 is 5.61. The fourth-order valence-electron chi connectivity index (χ4n) is 7.86. The molecule has 5 nitrogen and oxygen atoms in total. The van der Waals surface area contributed by atoms with Crippen LogP contribution in [0.15, 0.2) is 12.2 Å². The maximum Gasteiger partial charge on any atom is 0.302 e. The van der Waals surface area contributed by atoms with Crippen LogP contribution in [-0.2, 0) is 14.3 Å². The van der Waals surface area contributed by atoms with Gasteiger partial charge in [-0.15, -0.1) is 0 Å². The van der Waals surface area contributed by atoms with Gasteiger partial charge in [0.2, 0.25) is 0 Å². The summed E-state index contributed by atoms with van der Waals surface area (Å²) in [4.78, 5) is 24.8. The Morgan fingerprint density at radius 3 is 2.63 bits per heavy atom. The number of aliphatic hydroxyl groups excluding tert-OH is 2. The minimum absolute atomic E-state index is 0.0652. The van der Waals surface area contributed by atoms with Gasteiger partial charge in [-0.1, -0.05) is 20.4 Å². The van der Waals surface area contributed by atoms with Gasteiger partial charge in [0.1, 0.15) is 6.10 Å². The van der Waals surface area contributed by atoms with E-state index >= 15 is 0 Å². The van der Waals surface area contributed by atoms with Crippen molar-refractivity contribution < 1.29 is 24.5 Å². The summed E-state index contributed by atoms with van der Waals surface area (Å²) in [5, 5.41) is 21.5. The van der Waals surface area contributed by atoms with Gasteiger partial charge in [-0.25, -0.2) is 0 Å². The lowest BCUT2D eigenvalue weighted by Gasteiger charge is -2.65. The van der Waals surface area contributed by atoms with E-state index in [2.05, 4.69) is 13.5 Å². The second kappa shape index (κ2) is 5.90. The highest BCUT2D eigenvalue weighted by Gasteiger charge is 2.70. The molecular weight excluding hydrogens is 344 g/mol. The fraction of sp³-hybridized carbons (Fsp3) is 0.818. The van der Waals surface area contributed by atoms with Gasteiger partial charge in [0, 0.05) is 23.7 Å². The third-order valence-corrected chi connectivity index (χ3v) is 8.86. The molecule has 0 aromatic carbocycles. The van der Waals surface area contributed by atoms with Gasteiger partial charge in [-0.05, 0) is 61.3 Å². The zero-order valence-electron chi connectivity index (χ0n) is 16.7. The molecule has 150 valence electrons. The van der Waals surface area contributed by atoms with Crippen LogP contribution in [0.25, 0.3) is 0 Å². The number of aliphatic hydroxyl groups is 2. The first-order valence-corrected chi connectivity index (χ1v) is 10.3. The molecule has 4 fully saturated rings. The molecule has 4 saturated carbocycles. The maximum absolute atomic E-state index is 13.2. The number of rotatable bonds is 2. The van der Waals surface area contributed by atoms with E-state index in [1.807, 2.05) is 6.92 Å². The van der Waals surface area contributed by atoms with Crippen LogP contribution >= 0.6 is 0 Å². The van der Waals surface area contributed by atoms with E-state index < -0.39 is 16.9 Å². The van der Waals surface area contributed by atoms with Crippen LogP contribution in [0.3, 0.4) is 0 Å². The Balaban J connectivity index is 1.77. The van der Waals surface area contributed by atoms with Crippen molar-refractivity contribution in [3.8, 4) is 0 Å². The third-order valence-electron chi connectivity index (χ3n) is 8.86. The van der Waals surface area contributed by atoms with Crippen LogP contribution in [0.5, 0.6) is 0 Å². The lowest BCUT2D eigenvalue weighted by Crippen LogP contribution is -2.65.